The fraction of sp³-hybridized carbons (Fsp3) is 0.591. The maximum absolute atomic E-state index is 3.42. The predicted octanol–water partition coefficient (Wildman–Crippen LogP) is 5.81. The van der Waals surface area contributed by atoms with Crippen LogP contribution in [0, 0.1) is 0 Å². The molecule has 0 unspecified atom stereocenters. The highest BCUT2D eigenvalue weighted by Crippen LogP contribution is 2.11. The molecule has 2 rings (SSSR count). The van der Waals surface area contributed by atoms with Crippen LogP contribution in [0.4, 0.5) is 0 Å². The van der Waals surface area contributed by atoms with Gasteiger partial charge in [0, 0.05) is 6.42 Å². The van der Waals surface area contributed by atoms with E-state index in [0.717, 1.165) is 13.0 Å². The molecule has 24 heavy (non-hydrogen) atoms. The van der Waals surface area contributed by atoms with Gasteiger partial charge in [-0.3, -0.25) is 0 Å². The van der Waals surface area contributed by atoms with Crippen molar-refractivity contribution in [2.24, 2.45) is 0 Å². The Balaban J connectivity index is 1.56. The summed E-state index contributed by atoms with van der Waals surface area (Å²) in [5, 5.41) is 0. The second kappa shape index (κ2) is 11.9. The van der Waals surface area contributed by atoms with Crippen molar-refractivity contribution in [1.82, 2.24) is 4.98 Å². The molecule has 0 aliphatic heterocycles. The minimum atomic E-state index is 0.970. The molecule has 1 N–H and O–H groups in total. The number of rotatable bonds is 13. The van der Waals surface area contributed by atoms with E-state index >= 15 is 0 Å². The zero-order valence-electron chi connectivity index (χ0n) is 15.5. The summed E-state index contributed by atoms with van der Waals surface area (Å²) in [4.78, 5) is 3.42. The largest absolute Gasteiger partial charge is 0.254 e. The Bertz CT molecular complexity index is 530. The third kappa shape index (κ3) is 7.33. The number of H-pyrrole nitrogens is 1. The SMILES string of the molecule is CCCCCCCCCCCCc1[nH]cc[n+]1Cc1ccccc1. The first-order chi connectivity index (χ1) is 11.9. The van der Waals surface area contributed by atoms with Gasteiger partial charge in [0.25, 0.3) is 5.82 Å². The van der Waals surface area contributed by atoms with E-state index in [4.69, 9.17) is 0 Å². The number of aromatic nitrogens is 2. The molecule has 0 bridgehead atoms. The van der Waals surface area contributed by atoms with E-state index in [2.05, 4.69) is 59.2 Å². The first-order valence-electron chi connectivity index (χ1n) is 9.99. The quantitative estimate of drug-likeness (QED) is 0.353. The molecule has 1 heterocycles. The van der Waals surface area contributed by atoms with Crippen molar-refractivity contribution in [3.63, 3.8) is 0 Å². The Morgan fingerprint density at radius 2 is 1.42 bits per heavy atom. The topological polar surface area (TPSA) is 19.7 Å². The van der Waals surface area contributed by atoms with Gasteiger partial charge in [0.1, 0.15) is 18.9 Å². The Morgan fingerprint density at radius 1 is 0.792 bits per heavy atom. The summed E-state index contributed by atoms with van der Waals surface area (Å²) >= 11 is 0. The Kier molecular flexibility index (Phi) is 9.29. The second-order valence-electron chi connectivity index (χ2n) is 6.95. The molecular weight excluding hydrogens is 292 g/mol. The molecule has 0 spiro atoms. The van der Waals surface area contributed by atoms with Crippen LogP contribution >= 0.6 is 0 Å². The Morgan fingerprint density at radius 3 is 2.08 bits per heavy atom. The fourth-order valence-corrected chi connectivity index (χ4v) is 3.32. The molecule has 0 atom stereocenters. The number of aromatic amines is 1. The van der Waals surface area contributed by atoms with Gasteiger partial charge in [-0.05, 0) is 12.0 Å². The zero-order valence-corrected chi connectivity index (χ0v) is 15.5. The van der Waals surface area contributed by atoms with Crippen LogP contribution in [0.15, 0.2) is 42.7 Å². The first kappa shape index (κ1) is 18.8. The number of aryl methyl sites for hydroxylation is 1. The molecule has 2 aromatic rings. The van der Waals surface area contributed by atoms with Crippen molar-refractivity contribution in [1.29, 1.82) is 0 Å². The summed E-state index contributed by atoms with van der Waals surface area (Å²) in [6.07, 6.45) is 19.4. The third-order valence-corrected chi connectivity index (χ3v) is 4.81. The number of unbranched alkanes of at least 4 members (excludes halogenated alkanes) is 9. The van der Waals surface area contributed by atoms with E-state index < -0.39 is 0 Å². The zero-order chi connectivity index (χ0) is 16.9. The molecule has 0 aliphatic rings. The van der Waals surface area contributed by atoms with Gasteiger partial charge in [0.15, 0.2) is 0 Å². The maximum atomic E-state index is 3.42. The van der Waals surface area contributed by atoms with E-state index in [-0.39, 0.29) is 0 Å². The van der Waals surface area contributed by atoms with Gasteiger partial charge in [0.05, 0.1) is 0 Å². The molecule has 0 saturated heterocycles. The highest BCUT2D eigenvalue weighted by Gasteiger charge is 2.10. The van der Waals surface area contributed by atoms with Crippen LogP contribution in [0.25, 0.3) is 0 Å². The monoisotopic (exact) mass is 327 g/mol. The molecule has 0 amide bonds. The third-order valence-electron chi connectivity index (χ3n) is 4.81. The molecule has 0 aliphatic carbocycles. The lowest BCUT2D eigenvalue weighted by Crippen LogP contribution is -2.36. The molecule has 0 saturated carbocycles. The number of benzene rings is 1. The average Bonchev–Trinajstić information content (AvgIpc) is 3.04. The van der Waals surface area contributed by atoms with Crippen molar-refractivity contribution in [3.05, 3.63) is 54.1 Å². The number of hydrogen-bond acceptors (Lipinski definition) is 0. The van der Waals surface area contributed by atoms with Crippen molar-refractivity contribution in [2.45, 2.75) is 84.1 Å². The van der Waals surface area contributed by atoms with Crippen LogP contribution < -0.4 is 4.57 Å². The summed E-state index contributed by atoms with van der Waals surface area (Å²) in [5.41, 5.74) is 1.37. The van der Waals surface area contributed by atoms with Crippen molar-refractivity contribution >= 4 is 0 Å². The van der Waals surface area contributed by atoms with Gasteiger partial charge in [-0.25, -0.2) is 9.55 Å². The predicted molar refractivity (Wildman–Crippen MR) is 102 cm³/mol. The van der Waals surface area contributed by atoms with Gasteiger partial charge < -0.3 is 0 Å². The molecule has 1 aromatic heterocycles. The molecule has 1 aromatic carbocycles. The van der Waals surface area contributed by atoms with Crippen LogP contribution in [0.2, 0.25) is 0 Å². The lowest BCUT2D eigenvalue weighted by molar-refractivity contribution is -0.694. The number of nitrogens with zero attached hydrogens (tertiary/aromatic N) is 1. The normalized spacial score (nSPS) is 11.0. The van der Waals surface area contributed by atoms with Crippen LogP contribution in [-0.2, 0) is 13.0 Å². The van der Waals surface area contributed by atoms with Crippen LogP contribution in [0.5, 0.6) is 0 Å². The summed E-state index contributed by atoms with van der Waals surface area (Å²) in [6, 6.07) is 10.7. The molecule has 0 fully saturated rings. The van der Waals surface area contributed by atoms with E-state index in [1.54, 1.807) is 0 Å². The summed E-state index contributed by atoms with van der Waals surface area (Å²) in [5.74, 6) is 1.36. The minimum absolute atomic E-state index is 0.970. The number of imidazole rings is 1. The van der Waals surface area contributed by atoms with Crippen LogP contribution in [0.3, 0.4) is 0 Å². The summed E-state index contributed by atoms with van der Waals surface area (Å²) in [7, 11) is 0. The van der Waals surface area contributed by atoms with Crippen molar-refractivity contribution < 1.29 is 4.57 Å². The summed E-state index contributed by atoms with van der Waals surface area (Å²) < 4.78 is 2.35. The minimum Gasteiger partial charge on any atom is -0.248 e. The van der Waals surface area contributed by atoms with Gasteiger partial charge >= 0.3 is 0 Å². The van der Waals surface area contributed by atoms with Crippen molar-refractivity contribution in [3.8, 4) is 0 Å². The molecule has 2 heteroatoms. The number of hydrogen-bond donors (Lipinski definition) is 1. The Hall–Kier alpha value is -1.57. The molecular formula is C22H35N2+. The Labute approximate surface area is 148 Å². The number of nitrogens with one attached hydrogen (secondary N) is 1. The standard InChI is InChI=1S/C22H34N2/c1-2-3-4-5-6-7-8-9-10-14-17-22-23-18-19-24(22)20-21-15-12-11-13-16-21/h11-13,15-16,18-19H,2-10,14,17,20H2,1H3/p+1. The van der Waals surface area contributed by atoms with Crippen molar-refractivity contribution in [2.75, 3.05) is 0 Å². The van der Waals surface area contributed by atoms with Gasteiger partial charge in [-0.15, -0.1) is 0 Å². The van der Waals surface area contributed by atoms with Gasteiger partial charge in [0.2, 0.25) is 0 Å². The van der Waals surface area contributed by atoms with E-state index in [0.29, 0.717) is 0 Å². The lowest BCUT2D eigenvalue weighted by Gasteiger charge is -2.03. The maximum Gasteiger partial charge on any atom is 0.254 e. The average molecular weight is 328 g/mol. The highest BCUT2D eigenvalue weighted by molar-refractivity contribution is 5.13. The smallest absolute Gasteiger partial charge is 0.248 e. The van der Waals surface area contributed by atoms with E-state index in [1.807, 2.05) is 0 Å². The highest BCUT2D eigenvalue weighted by atomic mass is 15.1. The van der Waals surface area contributed by atoms with E-state index in [1.165, 1.54) is 75.6 Å². The fourth-order valence-electron chi connectivity index (χ4n) is 3.32. The molecule has 132 valence electrons. The first-order valence-corrected chi connectivity index (χ1v) is 9.99. The van der Waals surface area contributed by atoms with Gasteiger partial charge in [-0.2, -0.15) is 0 Å². The molecule has 0 radical (unpaired) electrons. The summed E-state index contributed by atoms with van der Waals surface area (Å²) in [6.45, 7) is 3.26. The lowest BCUT2D eigenvalue weighted by atomic mass is 10.1. The van der Waals surface area contributed by atoms with Gasteiger partial charge in [-0.1, -0.05) is 95.0 Å². The van der Waals surface area contributed by atoms with E-state index in [9.17, 15) is 0 Å². The van der Waals surface area contributed by atoms with Crippen LogP contribution in [-0.4, -0.2) is 4.98 Å². The second-order valence-corrected chi connectivity index (χ2v) is 6.95. The van der Waals surface area contributed by atoms with Crippen LogP contribution in [0.1, 0.15) is 82.5 Å². The molecule has 2 nitrogen and oxygen atoms in total.